The van der Waals surface area contributed by atoms with Gasteiger partial charge in [-0.15, -0.1) is 0 Å². The Morgan fingerprint density at radius 2 is 1.68 bits per heavy atom. The number of nitrogens with zero attached hydrogens (tertiary/aromatic N) is 3. The van der Waals surface area contributed by atoms with E-state index in [1.807, 2.05) is 37.0 Å². The third kappa shape index (κ3) is 8.45. The lowest BCUT2D eigenvalue weighted by Crippen LogP contribution is -2.34. The number of amides is 2. The molecular formula is C45H56N6O6. The zero-order valence-corrected chi connectivity index (χ0v) is 34.4. The maximum Gasteiger partial charge on any atom is 0.310 e. The third-order valence-electron chi connectivity index (χ3n) is 12.0. The molecule has 3 aromatic heterocycles. The van der Waals surface area contributed by atoms with Crippen LogP contribution in [0.15, 0.2) is 24.8 Å². The van der Waals surface area contributed by atoms with Gasteiger partial charge in [-0.3, -0.25) is 24.2 Å². The minimum Gasteiger partial charge on any atom is -0.469 e. The number of fused-ring (bicyclic) bond motifs is 8. The number of methoxy groups -OCH3 is 2. The highest BCUT2D eigenvalue weighted by atomic mass is 16.5. The largest absolute Gasteiger partial charge is 0.469 e. The summed E-state index contributed by atoms with van der Waals surface area (Å²) in [5.74, 6) is -1.50. The zero-order valence-electron chi connectivity index (χ0n) is 34.4. The molecule has 3 aliphatic heterocycles. The summed E-state index contributed by atoms with van der Waals surface area (Å²) >= 11 is 0. The van der Waals surface area contributed by atoms with Crippen LogP contribution in [0.25, 0.3) is 39.3 Å². The van der Waals surface area contributed by atoms with Gasteiger partial charge in [-0.25, -0.2) is 4.98 Å². The van der Waals surface area contributed by atoms with Crippen LogP contribution in [0, 0.1) is 13.8 Å². The number of hydrogen-bond acceptors (Lipinski definition) is 8. The number of rotatable bonds is 12. The molecule has 12 heteroatoms. The van der Waals surface area contributed by atoms with Gasteiger partial charge in [0.1, 0.15) is 0 Å². The molecule has 8 bridgehead atoms. The summed E-state index contributed by atoms with van der Waals surface area (Å²) in [5.41, 5.74) is 11.6. The van der Waals surface area contributed by atoms with Gasteiger partial charge in [0, 0.05) is 83.2 Å². The van der Waals surface area contributed by atoms with Gasteiger partial charge in [0.2, 0.25) is 5.91 Å². The summed E-state index contributed by atoms with van der Waals surface area (Å²) in [7, 11) is 2.70. The monoisotopic (exact) mass is 776 g/mol. The zero-order chi connectivity index (χ0) is 41.0. The average Bonchev–Trinajstić information content (AvgIpc) is 3.83. The van der Waals surface area contributed by atoms with Crippen LogP contribution in [0.2, 0.25) is 0 Å². The molecule has 12 nitrogen and oxygen atoms in total. The van der Waals surface area contributed by atoms with Crippen molar-refractivity contribution in [1.29, 1.82) is 0 Å². The molecule has 2 atom stereocenters. The number of esters is 2. The van der Waals surface area contributed by atoms with Crippen LogP contribution in [0.3, 0.4) is 0 Å². The van der Waals surface area contributed by atoms with E-state index in [4.69, 9.17) is 19.4 Å². The second-order valence-electron chi connectivity index (χ2n) is 15.3. The SMILES string of the molecule is C=Cc1c(C)c2cc3nc(c(CC(=O)OC)c4nc(cc5[nH]c(cc1[nH]2)c(C)c5CC)C(C)=C4C(=O)NCCCN1CCCCCC1=O)[C@@H](CCC(=O)OC)[C@@H]3C. The van der Waals surface area contributed by atoms with Crippen molar-refractivity contribution >= 4 is 63.0 Å². The number of carbonyl (C=O) groups excluding carboxylic acids is 4. The highest BCUT2D eigenvalue weighted by Crippen LogP contribution is 2.44. The second kappa shape index (κ2) is 17.7. The van der Waals surface area contributed by atoms with E-state index < -0.39 is 5.97 Å². The first-order valence-corrected chi connectivity index (χ1v) is 20.2. The summed E-state index contributed by atoms with van der Waals surface area (Å²) in [6.45, 7) is 16.0. The molecule has 3 aliphatic rings. The van der Waals surface area contributed by atoms with Gasteiger partial charge in [-0.2, -0.15) is 0 Å². The Labute approximate surface area is 334 Å². The van der Waals surface area contributed by atoms with Crippen molar-refractivity contribution in [2.24, 2.45) is 0 Å². The number of carbonyl (C=O) groups is 4. The van der Waals surface area contributed by atoms with E-state index in [9.17, 15) is 19.2 Å². The molecule has 6 rings (SSSR count). The molecule has 0 saturated carbocycles. The number of hydrogen-bond donors (Lipinski definition) is 3. The van der Waals surface area contributed by atoms with E-state index >= 15 is 0 Å². The first-order valence-electron chi connectivity index (χ1n) is 20.2. The second-order valence-corrected chi connectivity index (χ2v) is 15.3. The fourth-order valence-electron chi connectivity index (χ4n) is 8.54. The molecule has 0 aromatic carbocycles. The molecule has 302 valence electrons. The van der Waals surface area contributed by atoms with Crippen LogP contribution in [0.1, 0.15) is 128 Å². The molecule has 6 heterocycles. The Morgan fingerprint density at radius 3 is 2.40 bits per heavy atom. The van der Waals surface area contributed by atoms with Gasteiger partial charge >= 0.3 is 11.9 Å². The Morgan fingerprint density at radius 1 is 0.947 bits per heavy atom. The highest BCUT2D eigenvalue weighted by molar-refractivity contribution is 6.27. The van der Waals surface area contributed by atoms with Crippen LogP contribution in [0.4, 0.5) is 0 Å². The standard InChI is InChI=1S/C45H56N6O6/c1-9-29-25(3)33-22-35-27(5)31(16-17-40(53)56-7)43(49-35)32(21-41(54)57-8)44-42(45(55)46-18-14-20-51-19-13-11-12-15-39(51)52)28(6)36(50-44)24-38-30(10-2)26(4)34(48-38)23-37(29)47-33/h9,22-24,27,31,47-48H,1,10-21H2,2-8H3,(H,46,55)/t27-,31-/m0/s1. The lowest BCUT2D eigenvalue weighted by Gasteiger charge is -2.20. The predicted molar refractivity (Wildman–Crippen MR) is 223 cm³/mol. The molecule has 0 radical (unpaired) electrons. The van der Waals surface area contributed by atoms with Crippen LogP contribution in [-0.4, -0.2) is 82.4 Å². The van der Waals surface area contributed by atoms with Gasteiger partial charge in [-0.1, -0.05) is 32.9 Å². The molecule has 1 saturated heterocycles. The number of nitrogens with one attached hydrogen (secondary N) is 3. The fourth-order valence-corrected chi connectivity index (χ4v) is 8.54. The first-order chi connectivity index (χ1) is 27.4. The Balaban J connectivity index is 1.61. The molecule has 57 heavy (non-hydrogen) atoms. The number of aromatic amines is 2. The summed E-state index contributed by atoms with van der Waals surface area (Å²) in [6.07, 6.45) is 7.06. The minimum atomic E-state index is -0.507. The van der Waals surface area contributed by atoms with E-state index in [1.165, 1.54) is 14.2 Å². The van der Waals surface area contributed by atoms with Crippen molar-refractivity contribution in [3.63, 3.8) is 0 Å². The van der Waals surface area contributed by atoms with Crippen LogP contribution in [-0.2, 0) is 41.5 Å². The molecule has 2 amide bonds. The van der Waals surface area contributed by atoms with Crippen LogP contribution < -0.4 is 5.32 Å². The van der Waals surface area contributed by atoms with E-state index in [0.29, 0.717) is 66.1 Å². The topological polar surface area (TPSA) is 159 Å². The first kappa shape index (κ1) is 41.1. The molecule has 0 spiro atoms. The van der Waals surface area contributed by atoms with Crippen molar-refractivity contribution in [3.05, 3.63) is 75.4 Å². The lowest BCUT2D eigenvalue weighted by molar-refractivity contribution is -0.141. The van der Waals surface area contributed by atoms with Gasteiger partial charge in [0.15, 0.2) is 0 Å². The quantitative estimate of drug-likeness (QED) is 0.126. The maximum absolute atomic E-state index is 14.5. The molecular weight excluding hydrogens is 721 g/mol. The number of H-pyrrole nitrogens is 2. The molecule has 1 fully saturated rings. The molecule has 3 aromatic rings. The van der Waals surface area contributed by atoms with E-state index in [2.05, 4.69) is 48.7 Å². The smallest absolute Gasteiger partial charge is 0.310 e. The van der Waals surface area contributed by atoms with E-state index in [-0.39, 0.29) is 42.5 Å². The van der Waals surface area contributed by atoms with Crippen molar-refractivity contribution in [2.45, 2.75) is 104 Å². The fraction of sp³-hybridized carbons (Fsp3) is 0.467. The van der Waals surface area contributed by atoms with Crippen molar-refractivity contribution in [2.75, 3.05) is 33.9 Å². The summed E-state index contributed by atoms with van der Waals surface area (Å²) in [5, 5.41) is 3.11. The van der Waals surface area contributed by atoms with Crippen LogP contribution in [0.5, 0.6) is 0 Å². The van der Waals surface area contributed by atoms with Gasteiger partial charge in [0.25, 0.3) is 5.91 Å². The van der Waals surface area contributed by atoms with Crippen molar-refractivity contribution in [1.82, 2.24) is 30.2 Å². The van der Waals surface area contributed by atoms with Crippen molar-refractivity contribution < 1.29 is 28.7 Å². The summed E-state index contributed by atoms with van der Waals surface area (Å²) < 4.78 is 10.3. The summed E-state index contributed by atoms with van der Waals surface area (Å²) in [6, 6.07) is 6.11. The number of ether oxygens (including phenoxy) is 2. The molecule has 0 aliphatic carbocycles. The van der Waals surface area contributed by atoms with Crippen molar-refractivity contribution in [3.8, 4) is 0 Å². The normalized spacial score (nSPS) is 17.0. The van der Waals surface area contributed by atoms with E-state index in [1.54, 1.807) is 0 Å². The molecule has 0 unspecified atom stereocenters. The third-order valence-corrected chi connectivity index (χ3v) is 12.0. The Bertz CT molecular complexity index is 2300. The summed E-state index contributed by atoms with van der Waals surface area (Å²) in [4.78, 5) is 72.5. The average molecular weight is 777 g/mol. The van der Waals surface area contributed by atoms with Gasteiger partial charge < -0.3 is 29.7 Å². The van der Waals surface area contributed by atoms with Crippen LogP contribution >= 0.6 is 0 Å². The number of likely N-dealkylation sites (tertiary alicyclic amines) is 1. The maximum atomic E-state index is 14.5. The Hall–Kier alpha value is -5.52. The number of aromatic nitrogens is 4. The Kier molecular flexibility index (Phi) is 12.8. The lowest BCUT2D eigenvalue weighted by atomic mass is 9.84. The number of allylic oxidation sites excluding steroid dienone is 1. The predicted octanol–water partition coefficient (Wildman–Crippen LogP) is 7.53. The van der Waals surface area contributed by atoms with E-state index in [0.717, 1.165) is 82.2 Å². The number of aryl methyl sites for hydroxylation is 3. The highest BCUT2D eigenvalue weighted by Gasteiger charge is 2.36. The minimum absolute atomic E-state index is 0.137. The van der Waals surface area contributed by atoms with Gasteiger partial charge in [0.05, 0.1) is 43.3 Å². The van der Waals surface area contributed by atoms with Gasteiger partial charge in [-0.05, 0) is 93.3 Å². The molecule has 3 N–H and O–H groups in total.